The quantitative estimate of drug-likeness (QED) is 0.808. The minimum absolute atomic E-state index is 0.677. The number of ether oxygens (including phenoxy) is 2. The molecule has 0 saturated heterocycles. The molecular formula is C15H17NO2. The fourth-order valence-electron chi connectivity index (χ4n) is 1.85. The maximum atomic E-state index is 5.49. The fourth-order valence-corrected chi connectivity index (χ4v) is 1.85. The van der Waals surface area contributed by atoms with Gasteiger partial charge in [-0.3, -0.25) is 4.98 Å². The Balaban J connectivity index is 2.20. The number of aromatic nitrogens is 1. The third-order valence-corrected chi connectivity index (χ3v) is 2.65. The van der Waals surface area contributed by atoms with Crippen LogP contribution in [0.5, 0.6) is 11.5 Å². The fraction of sp³-hybridized carbons (Fsp3) is 0.267. The van der Waals surface area contributed by atoms with E-state index >= 15 is 0 Å². The number of methoxy groups -OCH3 is 1. The molecule has 94 valence electrons. The predicted molar refractivity (Wildman–Crippen MR) is 71.2 cm³/mol. The summed E-state index contributed by atoms with van der Waals surface area (Å²) in [6, 6.07) is 11.9. The highest BCUT2D eigenvalue weighted by atomic mass is 16.5. The highest BCUT2D eigenvalue weighted by Gasteiger charge is 2.05. The molecule has 0 radical (unpaired) electrons. The molecule has 0 atom stereocenters. The molecule has 0 N–H and O–H groups in total. The van der Waals surface area contributed by atoms with Gasteiger partial charge in [0.15, 0.2) is 0 Å². The van der Waals surface area contributed by atoms with Gasteiger partial charge in [0.1, 0.15) is 11.5 Å². The summed E-state index contributed by atoms with van der Waals surface area (Å²) in [5.74, 6) is 1.71. The first kappa shape index (κ1) is 12.4. The van der Waals surface area contributed by atoms with Gasteiger partial charge < -0.3 is 9.47 Å². The van der Waals surface area contributed by atoms with Gasteiger partial charge in [-0.15, -0.1) is 0 Å². The van der Waals surface area contributed by atoms with Gasteiger partial charge >= 0.3 is 0 Å². The van der Waals surface area contributed by atoms with Crippen molar-refractivity contribution in [2.24, 2.45) is 0 Å². The van der Waals surface area contributed by atoms with E-state index in [0.29, 0.717) is 6.61 Å². The van der Waals surface area contributed by atoms with Crippen molar-refractivity contribution < 1.29 is 9.47 Å². The van der Waals surface area contributed by atoms with E-state index in [1.54, 1.807) is 13.3 Å². The van der Waals surface area contributed by atoms with Crippen LogP contribution in [-0.4, -0.2) is 18.7 Å². The average Bonchev–Trinajstić information content (AvgIpc) is 2.40. The number of nitrogens with zero attached hydrogens (tertiary/aromatic N) is 1. The van der Waals surface area contributed by atoms with Crippen LogP contribution in [0.1, 0.15) is 18.2 Å². The first-order valence-corrected chi connectivity index (χ1v) is 6.03. The molecule has 0 saturated carbocycles. The van der Waals surface area contributed by atoms with Gasteiger partial charge in [0.2, 0.25) is 0 Å². The van der Waals surface area contributed by atoms with Crippen LogP contribution in [0.3, 0.4) is 0 Å². The number of rotatable bonds is 5. The third-order valence-electron chi connectivity index (χ3n) is 2.65. The summed E-state index contributed by atoms with van der Waals surface area (Å²) in [5.41, 5.74) is 2.10. The molecule has 0 bridgehead atoms. The van der Waals surface area contributed by atoms with Crippen LogP contribution in [0.4, 0.5) is 0 Å². The molecule has 1 heterocycles. The lowest BCUT2D eigenvalue weighted by Crippen LogP contribution is -1.97. The lowest BCUT2D eigenvalue weighted by Gasteiger charge is -2.08. The molecule has 0 amide bonds. The second-order valence-electron chi connectivity index (χ2n) is 3.91. The highest BCUT2D eigenvalue weighted by molar-refractivity contribution is 5.35. The topological polar surface area (TPSA) is 31.4 Å². The van der Waals surface area contributed by atoms with Crippen LogP contribution >= 0.6 is 0 Å². The Morgan fingerprint density at radius 3 is 2.83 bits per heavy atom. The maximum Gasteiger partial charge on any atom is 0.140 e. The number of pyridine rings is 1. The SMILES string of the molecule is CCOc1cccc(Cc2ncccc2OC)c1. The van der Waals surface area contributed by atoms with E-state index in [0.717, 1.165) is 29.2 Å². The Hall–Kier alpha value is -2.03. The van der Waals surface area contributed by atoms with Crippen molar-refractivity contribution in [3.8, 4) is 11.5 Å². The lowest BCUT2D eigenvalue weighted by atomic mass is 10.1. The molecule has 2 rings (SSSR count). The van der Waals surface area contributed by atoms with Crippen LogP contribution in [0.2, 0.25) is 0 Å². The maximum absolute atomic E-state index is 5.49. The molecule has 2 aromatic rings. The summed E-state index contributed by atoms with van der Waals surface area (Å²) in [6.45, 7) is 2.66. The predicted octanol–water partition coefficient (Wildman–Crippen LogP) is 3.08. The van der Waals surface area contributed by atoms with Crippen LogP contribution in [0, 0.1) is 0 Å². The van der Waals surface area contributed by atoms with E-state index in [-0.39, 0.29) is 0 Å². The smallest absolute Gasteiger partial charge is 0.140 e. The molecular weight excluding hydrogens is 226 g/mol. The van der Waals surface area contributed by atoms with E-state index in [9.17, 15) is 0 Å². The minimum atomic E-state index is 0.677. The number of hydrogen-bond donors (Lipinski definition) is 0. The summed E-state index contributed by atoms with van der Waals surface area (Å²) in [6.07, 6.45) is 2.52. The largest absolute Gasteiger partial charge is 0.495 e. The number of benzene rings is 1. The molecule has 0 aliphatic carbocycles. The Kier molecular flexibility index (Phi) is 4.18. The van der Waals surface area contributed by atoms with Crippen molar-refractivity contribution in [3.63, 3.8) is 0 Å². The molecule has 18 heavy (non-hydrogen) atoms. The first-order valence-electron chi connectivity index (χ1n) is 6.03. The molecule has 0 unspecified atom stereocenters. The van der Waals surface area contributed by atoms with Crippen molar-refractivity contribution in [2.45, 2.75) is 13.3 Å². The van der Waals surface area contributed by atoms with Crippen LogP contribution in [-0.2, 0) is 6.42 Å². The van der Waals surface area contributed by atoms with Crippen LogP contribution < -0.4 is 9.47 Å². The summed E-state index contributed by atoms with van der Waals surface area (Å²) in [4.78, 5) is 4.35. The second kappa shape index (κ2) is 6.05. The van der Waals surface area contributed by atoms with Crippen molar-refractivity contribution in [1.82, 2.24) is 4.98 Å². The van der Waals surface area contributed by atoms with E-state index in [2.05, 4.69) is 11.1 Å². The summed E-state index contributed by atoms with van der Waals surface area (Å²) < 4.78 is 10.8. The van der Waals surface area contributed by atoms with Gasteiger partial charge in [0.25, 0.3) is 0 Å². The second-order valence-corrected chi connectivity index (χ2v) is 3.91. The van der Waals surface area contributed by atoms with E-state index < -0.39 is 0 Å². The summed E-state index contributed by atoms with van der Waals surface area (Å²) >= 11 is 0. The summed E-state index contributed by atoms with van der Waals surface area (Å²) in [7, 11) is 1.66. The Morgan fingerprint density at radius 2 is 2.06 bits per heavy atom. The molecule has 3 heteroatoms. The molecule has 0 fully saturated rings. The molecule has 0 aliphatic heterocycles. The summed E-state index contributed by atoms with van der Waals surface area (Å²) in [5, 5.41) is 0. The van der Waals surface area contributed by atoms with Crippen molar-refractivity contribution in [1.29, 1.82) is 0 Å². The standard InChI is InChI=1S/C15H17NO2/c1-3-18-13-7-4-6-12(10-13)11-14-15(17-2)8-5-9-16-14/h4-10H,3,11H2,1-2H3. The Bertz CT molecular complexity index is 511. The van der Waals surface area contributed by atoms with Gasteiger partial charge in [0.05, 0.1) is 19.4 Å². The Morgan fingerprint density at radius 1 is 1.17 bits per heavy atom. The average molecular weight is 243 g/mol. The van der Waals surface area contributed by atoms with E-state index in [4.69, 9.17) is 9.47 Å². The minimum Gasteiger partial charge on any atom is -0.495 e. The molecule has 1 aromatic carbocycles. The lowest BCUT2D eigenvalue weighted by molar-refractivity contribution is 0.340. The Labute approximate surface area is 107 Å². The zero-order valence-electron chi connectivity index (χ0n) is 10.7. The molecule has 0 spiro atoms. The molecule has 3 nitrogen and oxygen atoms in total. The van der Waals surface area contributed by atoms with Crippen molar-refractivity contribution in [3.05, 3.63) is 53.9 Å². The van der Waals surface area contributed by atoms with E-state index in [1.807, 2.05) is 37.3 Å². The molecule has 0 aliphatic rings. The van der Waals surface area contributed by atoms with E-state index in [1.165, 1.54) is 0 Å². The highest BCUT2D eigenvalue weighted by Crippen LogP contribution is 2.21. The zero-order valence-corrected chi connectivity index (χ0v) is 10.7. The third kappa shape index (κ3) is 3.00. The monoisotopic (exact) mass is 243 g/mol. The van der Waals surface area contributed by atoms with Crippen molar-refractivity contribution in [2.75, 3.05) is 13.7 Å². The zero-order chi connectivity index (χ0) is 12.8. The number of hydrogen-bond acceptors (Lipinski definition) is 3. The van der Waals surface area contributed by atoms with Gasteiger partial charge in [-0.2, -0.15) is 0 Å². The van der Waals surface area contributed by atoms with Gasteiger partial charge in [-0.05, 0) is 36.8 Å². The van der Waals surface area contributed by atoms with Gasteiger partial charge in [-0.25, -0.2) is 0 Å². The molecule has 1 aromatic heterocycles. The van der Waals surface area contributed by atoms with Crippen LogP contribution in [0.25, 0.3) is 0 Å². The normalized spacial score (nSPS) is 10.1. The first-order chi connectivity index (χ1) is 8.83. The van der Waals surface area contributed by atoms with Crippen molar-refractivity contribution >= 4 is 0 Å². The van der Waals surface area contributed by atoms with Gasteiger partial charge in [0, 0.05) is 12.6 Å². The van der Waals surface area contributed by atoms with Gasteiger partial charge in [-0.1, -0.05) is 12.1 Å². The van der Waals surface area contributed by atoms with Crippen LogP contribution in [0.15, 0.2) is 42.6 Å².